The van der Waals surface area contributed by atoms with Gasteiger partial charge in [-0.05, 0) is 73.6 Å². The van der Waals surface area contributed by atoms with Crippen LogP contribution in [0.1, 0.15) is 138 Å². The van der Waals surface area contributed by atoms with Crippen LogP contribution < -0.4 is 0 Å². The predicted molar refractivity (Wildman–Crippen MR) is 157 cm³/mol. The fourth-order valence-corrected chi connectivity index (χ4v) is 3.80. The van der Waals surface area contributed by atoms with Gasteiger partial charge in [0, 0.05) is 6.42 Å². The van der Waals surface area contributed by atoms with Crippen molar-refractivity contribution in [1.82, 2.24) is 4.90 Å². The van der Waals surface area contributed by atoms with E-state index in [0.29, 0.717) is 19.5 Å². The lowest BCUT2D eigenvalue weighted by molar-refractivity contribution is -0.155. The third-order valence-corrected chi connectivity index (χ3v) is 6.42. The molecule has 0 aromatic heterocycles. The first-order valence-electron chi connectivity index (χ1n) is 15.2. The van der Waals surface area contributed by atoms with E-state index in [2.05, 4.69) is 19.1 Å². The first-order chi connectivity index (χ1) is 17.9. The van der Waals surface area contributed by atoms with Crippen LogP contribution in [0.3, 0.4) is 0 Å². The maximum Gasteiger partial charge on any atom is 0.311 e. The van der Waals surface area contributed by atoms with Crippen molar-refractivity contribution in [2.24, 2.45) is 10.8 Å². The molecule has 0 aliphatic carbocycles. The second-order valence-electron chi connectivity index (χ2n) is 12.5. The molecular formula is C32H59NO5. The highest BCUT2D eigenvalue weighted by molar-refractivity contribution is 5.77. The topological polar surface area (TPSA) is 72.9 Å². The Bertz CT molecular complexity index is 640. The van der Waals surface area contributed by atoms with Crippen molar-refractivity contribution in [3.8, 4) is 0 Å². The van der Waals surface area contributed by atoms with Crippen molar-refractivity contribution >= 4 is 17.8 Å². The molecular weight excluding hydrogens is 478 g/mol. The number of hydrogen-bond donors (Lipinski definition) is 0. The van der Waals surface area contributed by atoms with Gasteiger partial charge in [0.15, 0.2) is 0 Å². The molecule has 0 spiro atoms. The van der Waals surface area contributed by atoms with Gasteiger partial charge in [-0.15, -0.1) is 0 Å². The molecule has 0 saturated carbocycles. The zero-order valence-corrected chi connectivity index (χ0v) is 25.9. The Morgan fingerprint density at radius 2 is 1.00 bits per heavy atom. The molecule has 0 saturated heterocycles. The quantitative estimate of drug-likeness (QED) is 0.0841. The van der Waals surface area contributed by atoms with Gasteiger partial charge in [-0.2, -0.15) is 0 Å². The number of hydrogen-bond acceptors (Lipinski definition) is 5. The van der Waals surface area contributed by atoms with Crippen LogP contribution in [-0.2, 0) is 23.9 Å². The SMILES string of the molecule is CCCCCCCC/C=C\CCCCCCCC(=O)N(CCOC(=O)C(C)(C)C)CCOC(=O)C(C)(C)C. The lowest BCUT2D eigenvalue weighted by Crippen LogP contribution is -2.38. The van der Waals surface area contributed by atoms with Gasteiger partial charge in [-0.25, -0.2) is 0 Å². The molecule has 6 heteroatoms. The summed E-state index contributed by atoms with van der Waals surface area (Å²) in [5.41, 5.74) is -1.17. The van der Waals surface area contributed by atoms with Gasteiger partial charge in [0.25, 0.3) is 0 Å². The Labute approximate surface area is 234 Å². The van der Waals surface area contributed by atoms with Crippen LogP contribution in [0, 0.1) is 10.8 Å². The number of esters is 2. The second-order valence-corrected chi connectivity index (χ2v) is 12.5. The lowest BCUT2D eigenvalue weighted by Gasteiger charge is -2.25. The summed E-state index contributed by atoms with van der Waals surface area (Å²) in [6, 6.07) is 0. The summed E-state index contributed by atoms with van der Waals surface area (Å²) in [5, 5.41) is 0. The van der Waals surface area contributed by atoms with Crippen molar-refractivity contribution in [1.29, 1.82) is 0 Å². The largest absolute Gasteiger partial charge is 0.463 e. The van der Waals surface area contributed by atoms with Crippen LogP contribution in [0.25, 0.3) is 0 Å². The first kappa shape index (κ1) is 36.1. The molecule has 1 amide bonds. The summed E-state index contributed by atoms with van der Waals surface area (Å²) < 4.78 is 10.7. The van der Waals surface area contributed by atoms with Crippen molar-refractivity contribution in [3.63, 3.8) is 0 Å². The van der Waals surface area contributed by atoms with E-state index in [-0.39, 0.29) is 31.1 Å². The van der Waals surface area contributed by atoms with Gasteiger partial charge in [0.05, 0.1) is 23.9 Å². The summed E-state index contributed by atoms with van der Waals surface area (Å²) in [6.45, 7) is 14.0. The number of unbranched alkanes of at least 4 members (excludes halogenated alkanes) is 11. The minimum atomic E-state index is -0.583. The van der Waals surface area contributed by atoms with Crippen molar-refractivity contribution in [2.45, 2.75) is 138 Å². The highest BCUT2D eigenvalue weighted by atomic mass is 16.5. The fourth-order valence-electron chi connectivity index (χ4n) is 3.80. The maximum atomic E-state index is 12.9. The number of nitrogens with zero attached hydrogens (tertiary/aromatic N) is 1. The first-order valence-corrected chi connectivity index (χ1v) is 15.2. The van der Waals surface area contributed by atoms with Crippen LogP contribution in [0.2, 0.25) is 0 Å². The highest BCUT2D eigenvalue weighted by Gasteiger charge is 2.25. The van der Waals surface area contributed by atoms with Crippen LogP contribution >= 0.6 is 0 Å². The van der Waals surface area contributed by atoms with E-state index in [1.807, 2.05) is 0 Å². The van der Waals surface area contributed by atoms with E-state index in [0.717, 1.165) is 25.7 Å². The number of carbonyl (C=O) groups excluding carboxylic acids is 3. The van der Waals surface area contributed by atoms with Crippen LogP contribution in [0.5, 0.6) is 0 Å². The normalized spacial score (nSPS) is 12.1. The molecule has 0 bridgehead atoms. The maximum absolute atomic E-state index is 12.9. The number of amides is 1. The monoisotopic (exact) mass is 537 g/mol. The van der Waals surface area contributed by atoms with Gasteiger partial charge in [-0.3, -0.25) is 14.4 Å². The van der Waals surface area contributed by atoms with E-state index >= 15 is 0 Å². The standard InChI is InChI=1S/C32H59NO5/c1-8-9-10-11-12-13-14-15-16-17-18-19-20-21-22-23-28(34)33(24-26-37-29(35)31(2,3)4)25-27-38-30(36)32(5,6)7/h15-16H,8-14,17-27H2,1-7H3/b16-15-. The van der Waals surface area contributed by atoms with Gasteiger partial charge < -0.3 is 14.4 Å². The Morgan fingerprint density at radius 1 is 0.605 bits per heavy atom. The molecule has 0 aromatic rings. The summed E-state index contributed by atoms with van der Waals surface area (Å²) in [5.74, 6) is -0.566. The smallest absolute Gasteiger partial charge is 0.311 e. The predicted octanol–water partition coefficient (Wildman–Crippen LogP) is 8.03. The summed E-state index contributed by atoms with van der Waals surface area (Å²) in [6.07, 6.45) is 20.9. The van der Waals surface area contributed by atoms with Crippen molar-refractivity contribution < 1.29 is 23.9 Å². The molecule has 0 atom stereocenters. The molecule has 0 aliphatic heterocycles. The average molecular weight is 538 g/mol. The zero-order valence-electron chi connectivity index (χ0n) is 25.9. The number of allylic oxidation sites excluding steroid dienone is 2. The Morgan fingerprint density at radius 3 is 1.42 bits per heavy atom. The van der Waals surface area contributed by atoms with Crippen LogP contribution in [0.15, 0.2) is 12.2 Å². The van der Waals surface area contributed by atoms with E-state index in [9.17, 15) is 14.4 Å². The van der Waals surface area contributed by atoms with E-state index in [1.165, 1.54) is 57.8 Å². The number of rotatable bonds is 21. The summed E-state index contributed by atoms with van der Waals surface area (Å²) in [7, 11) is 0. The van der Waals surface area contributed by atoms with Gasteiger partial charge in [0.1, 0.15) is 13.2 Å². The molecule has 0 fully saturated rings. The molecule has 0 radical (unpaired) electrons. The molecule has 0 rings (SSSR count). The minimum Gasteiger partial charge on any atom is -0.463 e. The van der Waals surface area contributed by atoms with E-state index < -0.39 is 10.8 Å². The molecule has 0 unspecified atom stereocenters. The van der Waals surface area contributed by atoms with Gasteiger partial charge in [-0.1, -0.05) is 70.4 Å². The second kappa shape index (κ2) is 21.0. The van der Waals surface area contributed by atoms with Gasteiger partial charge in [0.2, 0.25) is 5.91 Å². The summed E-state index contributed by atoms with van der Waals surface area (Å²) >= 11 is 0. The minimum absolute atomic E-state index is 0.0150. The van der Waals surface area contributed by atoms with Crippen LogP contribution in [0.4, 0.5) is 0 Å². The van der Waals surface area contributed by atoms with E-state index in [4.69, 9.17) is 9.47 Å². The van der Waals surface area contributed by atoms with Crippen molar-refractivity contribution in [2.75, 3.05) is 26.3 Å². The lowest BCUT2D eigenvalue weighted by atomic mass is 9.97. The number of carbonyl (C=O) groups is 3. The Hall–Kier alpha value is -1.85. The third-order valence-electron chi connectivity index (χ3n) is 6.42. The van der Waals surface area contributed by atoms with E-state index in [1.54, 1.807) is 46.4 Å². The number of ether oxygens (including phenoxy) is 2. The molecule has 0 aromatic carbocycles. The summed E-state index contributed by atoms with van der Waals surface area (Å²) in [4.78, 5) is 38.6. The Balaban J connectivity index is 4.22. The Kier molecular flexibility index (Phi) is 20.0. The molecule has 222 valence electrons. The highest BCUT2D eigenvalue weighted by Crippen LogP contribution is 2.16. The van der Waals surface area contributed by atoms with Crippen LogP contribution in [-0.4, -0.2) is 49.0 Å². The van der Waals surface area contributed by atoms with Gasteiger partial charge >= 0.3 is 11.9 Å². The molecule has 0 aliphatic rings. The molecule has 0 N–H and O–H groups in total. The molecule has 6 nitrogen and oxygen atoms in total. The molecule has 0 heterocycles. The molecule has 38 heavy (non-hydrogen) atoms. The fraction of sp³-hybridized carbons (Fsp3) is 0.844. The third kappa shape index (κ3) is 20.2. The van der Waals surface area contributed by atoms with Crippen molar-refractivity contribution in [3.05, 3.63) is 12.2 Å². The zero-order chi connectivity index (χ0) is 28.9. The average Bonchev–Trinajstić information content (AvgIpc) is 2.83.